The number of anilines is 2. The van der Waals surface area contributed by atoms with Gasteiger partial charge < -0.3 is 20.1 Å². The lowest BCUT2D eigenvalue weighted by Gasteiger charge is -2.19. The summed E-state index contributed by atoms with van der Waals surface area (Å²) >= 11 is 4.56. The van der Waals surface area contributed by atoms with Crippen LogP contribution in [0.15, 0.2) is 41.5 Å². The quantitative estimate of drug-likeness (QED) is 0.184. The first-order valence-electron chi connectivity index (χ1n) is 13.3. The van der Waals surface area contributed by atoms with E-state index in [0.29, 0.717) is 23.8 Å². The summed E-state index contributed by atoms with van der Waals surface area (Å²) < 4.78 is 2.10. The zero-order chi connectivity index (χ0) is 26.9. The van der Waals surface area contributed by atoms with Crippen molar-refractivity contribution in [2.45, 2.75) is 57.4 Å². The van der Waals surface area contributed by atoms with Gasteiger partial charge in [0.05, 0.1) is 5.16 Å². The molecule has 0 aliphatic heterocycles. The first kappa shape index (κ1) is 27.4. The van der Waals surface area contributed by atoms with E-state index in [1.165, 1.54) is 0 Å². The molecule has 200 valence electrons. The number of nitrogens with one attached hydrogen (secondary N) is 2. The Morgan fingerprint density at radius 1 is 1.13 bits per heavy atom. The first-order chi connectivity index (χ1) is 18.5. The maximum absolute atomic E-state index is 12.9. The molecule has 0 spiro atoms. The van der Waals surface area contributed by atoms with Crippen LogP contribution in [0, 0.1) is 0 Å². The van der Waals surface area contributed by atoms with E-state index in [9.17, 15) is 9.59 Å². The first-order valence-corrected chi connectivity index (χ1v) is 13.7. The van der Waals surface area contributed by atoms with E-state index in [4.69, 9.17) is 4.98 Å². The summed E-state index contributed by atoms with van der Waals surface area (Å²) in [5.41, 5.74) is 2.80. The van der Waals surface area contributed by atoms with Crippen LogP contribution in [0.2, 0.25) is 0 Å². The highest BCUT2D eigenvalue weighted by Crippen LogP contribution is 2.35. The van der Waals surface area contributed by atoms with Crippen molar-refractivity contribution in [1.29, 1.82) is 0 Å². The maximum atomic E-state index is 12.9. The fourth-order valence-corrected chi connectivity index (χ4v) is 4.94. The van der Waals surface area contributed by atoms with E-state index in [0.717, 1.165) is 74.6 Å². The predicted octanol–water partition coefficient (Wildman–Crippen LogP) is 5.38. The Morgan fingerprint density at radius 2 is 1.87 bits per heavy atom. The second kappa shape index (κ2) is 13.3. The number of benzene rings is 1. The fraction of sp³-hybridized carbons (Fsp3) is 0.464. The van der Waals surface area contributed by atoms with Gasteiger partial charge in [-0.15, -0.1) is 0 Å². The van der Waals surface area contributed by atoms with Crippen LogP contribution in [0.1, 0.15) is 78.3 Å². The van der Waals surface area contributed by atoms with Gasteiger partial charge in [-0.3, -0.25) is 9.59 Å². The largest absolute Gasteiger partial charge is 0.352 e. The molecule has 1 aliphatic carbocycles. The molecule has 1 saturated carbocycles. The lowest BCUT2D eigenvalue weighted by Crippen LogP contribution is -2.25. The number of nitrogens with zero attached hydrogens (tertiary/aromatic N) is 5. The normalized spacial score (nSPS) is 13.3. The Bertz CT molecular complexity index is 1310. The zero-order valence-corrected chi connectivity index (χ0v) is 22.9. The van der Waals surface area contributed by atoms with Crippen molar-refractivity contribution < 1.29 is 9.59 Å². The third-order valence-corrected chi connectivity index (χ3v) is 6.97. The van der Waals surface area contributed by atoms with Gasteiger partial charge in [0.15, 0.2) is 0 Å². The molecule has 0 radical (unpaired) electrons. The van der Waals surface area contributed by atoms with Crippen LogP contribution in [0.25, 0.3) is 11.0 Å². The summed E-state index contributed by atoms with van der Waals surface area (Å²) in [4.78, 5) is 40.1. The van der Waals surface area contributed by atoms with Crippen LogP contribution in [0.4, 0.5) is 11.6 Å². The SMILES string of the molecule is CN(C)C(=O)c1cc2cnc(Nc3ccc(C(=O)NCCCCCCN=C=S)cc3)nc2n1C1CCCC1. The standard InChI is InChI=1S/C28H35N7O2S/c1-34(2)27(37)24-17-21-18-31-28(33-25(21)35(24)23-9-5-6-10-23)32-22-13-11-20(12-14-22)26(36)30-16-8-4-3-7-15-29-19-38/h11-14,17-18,23H,3-10,15-16H2,1-2H3,(H,30,36)(H,31,32,33). The average molecular weight is 534 g/mol. The molecule has 2 aromatic heterocycles. The summed E-state index contributed by atoms with van der Waals surface area (Å²) in [7, 11) is 3.53. The highest BCUT2D eigenvalue weighted by Gasteiger charge is 2.26. The third kappa shape index (κ3) is 6.82. The summed E-state index contributed by atoms with van der Waals surface area (Å²) in [6.45, 7) is 1.36. The van der Waals surface area contributed by atoms with Gasteiger partial charge in [0, 0.05) is 56.1 Å². The van der Waals surface area contributed by atoms with Gasteiger partial charge in [0.1, 0.15) is 11.3 Å². The minimum Gasteiger partial charge on any atom is -0.352 e. The van der Waals surface area contributed by atoms with E-state index in [-0.39, 0.29) is 17.9 Å². The van der Waals surface area contributed by atoms with Crippen LogP contribution in [0.5, 0.6) is 0 Å². The number of carbonyl (C=O) groups excluding carboxylic acids is 2. The Morgan fingerprint density at radius 3 is 2.58 bits per heavy atom. The molecule has 0 atom stereocenters. The van der Waals surface area contributed by atoms with E-state index in [1.807, 2.05) is 18.2 Å². The molecule has 3 aromatic rings. The number of carbonyl (C=O) groups is 2. The minimum absolute atomic E-state index is 0.0324. The highest BCUT2D eigenvalue weighted by atomic mass is 32.1. The maximum Gasteiger partial charge on any atom is 0.270 e. The van der Waals surface area contributed by atoms with Crippen molar-refractivity contribution >= 4 is 51.9 Å². The topological polar surface area (TPSA) is 105 Å². The summed E-state index contributed by atoms with van der Waals surface area (Å²) in [5.74, 6) is 0.328. The number of thiocarbonyl (C=S) groups is 1. The second-order valence-corrected chi connectivity index (χ2v) is 10.0. The van der Waals surface area contributed by atoms with Gasteiger partial charge in [-0.05, 0) is 68.2 Å². The Hall–Kier alpha value is -3.62. The molecule has 2 N–H and O–H groups in total. The van der Waals surface area contributed by atoms with E-state index in [1.54, 1.807) is 37.3 Å². The van der Waals surface area contributed by atoms with E-state index in [2.05, 4.69) is 42.6 Å². The van der Waals surface area contributed by atoms with Crippen molar-refractivity contribution in [2.75, 3.05) is 32.5 Å². The average Bonchev–Trinajstić information content (AvgIpc) is 3.57. The fourth-order valence-electron chi connectivity index (χ4n) is 4.85. The Balaban J connectivity index is 1.39. The molecule has 1 aliphatic rings. The smallest absolute Gasteiger partial charge is 0.270 e. The summed E-state index contributed by atoms with van der Waals surface area (Å²) in [6, 6.07) is 9.41. The van der Waals surface area contributed by atoms with Crippen molar-refractivity contribution in [3.05, 3.63) is 47.8 Å². The van der Waals surface area contributed by atoms with Gasteiger partial charge in [-0.25, -0.2) is 9.98 Å². The number of hydrogen-bond donors (Lipinski definition) is 2. The van der Waals surface area contributed by atoms with Crippen LogP contribution in [-0.4, -0.2) is 63.6 Å². The highest BCUT2D eigenvalue weighted by molar-refractivity contribution is 7.78. The monoisotopic (exact) mass is 533 g/mol. The lowest BCUT2D eigenvalue weighted by atomic mass is 10.1. The van der Waals surface area contributed by atoms with Crippen LogP contribution >= 0.6 is 12.2 Å². The molecule has 9 nitrogen and oxygen atoms in total. The Labute approximate surface area is 228 Å². The molecule has 38 heavy (non-hydrogen) atoms. The van der Waals surface area contributed by atoms with Crippen LogP contribution < -0.4 is 10.6 Å². The summed E-state index contributed by atoms with van der Waals surface area (Å²) in [5, 5.41) is 9.44. The zero-order valence-electron chi connectivity index (χ0n) is 22.1. The molecule has 1 fully saturated rings. The molecule has 0 saturated heterocycles. The molecule has 1 aromatic carbocycles. The van der Waals surface area contributed by atoms with Gasteiger partial charge in [-0.1, -0.05) is 25.7 Å². The predicted molar refractivity (Wildman–Crippen MR) is 153 cm³/mol. The van der Waals surface area contributed by atoms with Gasteiger partial charge >= 0.3 is 0 Å². The van der Waals surface area contributed by atoms with Crippen molar-refractivity contribution in [3.8, 4) is 0 Å². The van der Waals surface area contributed by atoms with Gasteiger partial charge in [-0.2, -0.15) is 4.98 Å². The minimum atomic E-state index is -0.0907. The third-order valence-electron chi connectivity index (χ3n) is 6.84. The number of isothiocyanates is 1. The van der Waals surface area contributed by atoms with Gasteiger partial charge in [0.2, 0.25) is 5.95 Å². The number of amides is 2. The molecular weight excluding hydrogens is 498 g/mol. The number of aromatic nitrogens is 3. The summed E-state index contributed by atoms with van der Waals surface area (Å²) in [6.07, 6.45) is 10.2. The Kier molecular flexibility index (Phi) is 9.56. The number of unbranched alkanes of at least 4 members (excludes halogenated alkanes) is 3. The van der Waals surface area contributed by atoms with E-state index < -0.39 is 0 Å². The van der Waals surface area contributed by atoms with Gasteiger partial charge in [0.25, 0.3) is 11.8 Å². The number of hydrogen-bond acceptors (Lipinski definition) is 7. The number of fused-ring (bicyclic) bond motifs is 1. The molecular formula is C28H35N7O2S. The molecule has 2 amide bonds. The second-order valence-electron chi connectivity index (χ2n) is 9.86. The number of aliphatic imine (C=N–C) groups is 1. The van der Waals surface area contributed by atoms with E-state index >= 15 is 0 Å². The van der Waals surface area contributed by atoms with Crippen LogP contribution in [-0.2, 0) is 0 Å². The molecule has 2 heterocycles. The lowest BCUT2D eigenvalue weighted by molar-refractivity contribution is 0.0815. The molecule has 0 bridgehead atoms. The van der Waals surface area contributed by atoms with Crippen molar-refractivity contribution in [2.24, 2.45) is 4.99 Å². The van der Waals surface area contributed by atoms with Crippen molar-refractivity contribution in [3.63, 3.8) is 0 Å². The van der Waals surface area contributed by atoms with Crippen molar-refractivity contribution in [1.82, 2.24) is 24.8 Å². The number of rotatable bonds is 12. The molecule has 10 heteroatoms. The van der Waals surface area contributed by atoms with Crippen LogP contribution in [0.3, 0.4) is 0 Å². The molecule has 4 rings (SSSR count). The molecule has 0 unspecified atom stereocenters.